The van der Waals surface area contributed by atoms with Crippen LogP contribution in [0.15, 0.2) is 24.3 Å². The normalized spacial score (nSPS) is 28.2. The number of aliphatic hydroxyl groups is 2. The average Bonchev–Trinajstić information content (AvgIpc) is 2.68. The number of aliphatic hydroxyl groups excluding tert-OH is 2. The van der Waals surface area contributed by atoms with Crippen molar-refractivity contribution in [3.05, 3.63) is 34.9 Å². The lowest BCUT2D eigenvalue weighted by Gasteiger charge is -2.43. The molecule has 2 atom stereocenters. The van der Waals surface area contributed by atoms with Gasteiger partial charge in [0.2, 0.25) is 5.91 Å². The molecule has 1 heterocycles. The smallest absolute Gasteiger partial charge is 0.233 e. The van der Waals surface area contributed by atoms with Crippen LogP contribution in [0.5, 0.6) is 0 Å². The third-order valence-corrected chi connectivity index (χ3v) is 4.78. The summed E-state index contributed by atoms with van der Waals surface area (Å²) in [6, 6.07) is 7.44. The van der Waals surface area contributed by atoms with Crippen molar-refractivity contribution >= 4 is 17.5 Å². The van der Waals surface area contributed by atoms with Crippen molar-refractivity contribution in [3.8, 4) is 0 Å². The van der Waals surface area contributed by atoms with Crippen LogP contribution in [0, 0.1) is 0 Å². The number of rotatable bonds is 2. The number of β-amino-alcohol motifs (C(OH)–C–C–N with tert-alkyl or cyclic N) is 2. The number of amides is 1. The second-order valence-electron chi connectivity index (χ2n) is 5.79. The quantitative estimate of drug-likeness (QED) is 0.865. The lowest BCUT2D eigenvalue weighted by molar-refractivity contribution is -0.140. The Hall–Kier alpha value is -1.10. The van der Waals surface area contributed by atoms with Crippen LogP contribution in [0.3, 0.4) is 0 Å². The predicted octanol–water partition coefficient (Wildman–Crippen LogP) is 1.33. The molecule has 1 aliphatic heterocycles. The number of hydrogen-bond donors (Lipinski definition) is 2. The Kier molecular flexibility index (Phi) is 3.48. The summed E-state index contributed by atoms with van der Waals surface area (Å²) in [4.78, 5) is 14.4. The van der Waals surface area contributed by atoms with Gasteiger partial charge in [0.25, 0.3) is 0 Å². The molecular formula is C15H18ClNO3. The van der Waals surface area contributed by atoms with E-state index in [1.54, 1.807) is 11.0 Å². The molecule has 1 aromatic rings. The van der Waals surface area contributed by atoms with Gasteiger partial charge in [-0.1, -0.05) is 30.2 Å². The van der Waals surface area contributed by atoms with Crippen LogP contribution in [0.4, 0.5) is 0 Å². The molecule has 2 N–H and O–H groups in total. The van der Waals surface area contributed by atoms with Gasteiger partial charge in [0.15, 0.2) is 0 Å². The van der Waals surface area contributed by atoms with E-state index in [4.69, 9.17) is 11.6 Å². The molecule has 0 aromatic heterocycles. The Balaban J connectivity index is 1.88. The topological polar surface area (TPSA) is 60.8 Å². The van der Waals surface area contributed by atoms with Gasteiger partial charge in [-0.25, -0.2) is 0 Å². The monoisotopic (exact) mass is 295 g/mol. The van der Waals surface area contributed by atoms with Gasteiger partial charge in [0, 0.05) is 18.1 Å². The minimum Gasteiger partial charge on any atom is -0.388 e. The lowest BCUT2D eigenvalue weighted by atomic mass is 9.63. The maximum Gasteiger partial charge on any atom is 0.233 e. The van der Waals surface area contributed by atoms with E-state index < -0.39 is 17.6 Å². The van der Waals surface area contributed by atoms with E-state index in [0.29, 0.717) is 5.02 Å². The summed E-state index contributed by atoms with van der Waals surface area (Å²) in [5, 5.41) is 19.9. The fourth-order valence-corrected chi connectivity index (χ4v) is 3.37. The SMILES string of the molecule is O=C(N1C[C@@H](O)[C@@H](O)C1)C1(c2cccc(Cl)c2)CCC1. The number of carbonyl (C=O) groups excluding carboxylic acids is 1. The van der Waals surface area contributed by atoms with Gasteiger partial charge < -0.3 is 15.1 Å². The van der Waals surface area contributed by atoms with Crippen molar-refractivity contribution in [1.29, 1.82) is 0 Å². The summed E-state index contributed by atoms with van der Waals surface area (Å²) in [6.07, 6.45) is 0.937. The molecule has 0 bridgehead atoms. The van der Waals surface area contributed by atoms with Crippen LogP contribution in [-0.4, -0.2) is 46.3 Å². The zero-order valence-corrected chi connectivity index (χ0v) is 11.9. The summed E-state index contributed by atoms with van der Waals surface area (Å²) in [5.41, 5.74) is 0.423. The van der Waals surface area contributed by atoms with E-state index in [2.05, 4.69) is 0 Å². The maximum atomic E-state index is 12.8. The Labute approximate surface area is 123 Å². The fourth-order valence-electron chi connectivity index (χ4n) is 3.18. The Morgan fingerprint density at radius 2 is 1.90 bits per heavy atom. The number of benzene rings is 1. The minimum absolute atomic E-state index is 0.00150. The summed E-state index contributed by atoms with van der Waals surface area (Å²) in [5.74, 6) is 0.00150. The van der Waals surface area contributed by atoms with Crippen LogP contribution in [0.25, 0.3) is 0 Å². The van der Waals surface area contributed by atoms with Crippen molar-refractivity contribution in [2.45, 2.75) is 36.9 Å². The number of nitrogens with zero attached hydrogens (tertiary/aromatic N) is 1. The van der Waals surface area contributed by atoms with E-state index in [1.807, 2.05) is 18.2 Å². The molecule has 4 nitrogen and oxygen atoms in total. The van der Waals surface area contributed by atoms with Gasteiger partial charge in [-0.05, 0) is 30.5 Å². The second kappa shape index (κ2) is 5.02. The highest BCUT2D eigenvalue weighted by molar-refractivity contribution is 6.30. The Bertz CT molecular complexity index is 520. The molecule has 1 aliphatic carbocycles. The van der Waals surface area contributed by atoms with Crippen LogP contribution < -0.4 is 0 Å². The summed E-state index contributed by atoms with van der Waals surface area (Å²) in [7, 11) is 0. The van der Waals surface area contributed by atoms with Crippen LogP contribution >= 0.6 is 11.6 Å². The van der Waals surface area contributed by atoms with E-state index >= 15 is 0 Å². The van der Waals surface area contributed by atoms with Crippen molar-refractivity contribution in [2.24, 2.45) is 0 Å². The summed E-state index contributed by atoms with van der Waals surface area (Å²) >= 11 is 6.04. The van der Waals surface area contributed by atoms with Crippen molar-refractivity contribution < 1.29 is 15.0 Å². The zero-order chi connectivity index (χ0) is 14.3. The predicted molar refractivity (Wildman–Crippen MR) is 75.6 cm³/mol. The molecule has 2 aliphatic rings. The van der Waals surface area contributed by atoms with Gasteiger partial charge in [0.1, 0.15) is 0 Å². The van der Waals surface area contributed by atoms with Gasteiger partial charge in [0.05, 0.1) is 17.6 Å². The van der Waals surface area contributed by atoms with Crippen molar-refractivity contribution in [3.63, 3.8) is 0 Å². The summed E-state index contributed by atoms with van der Waals surface area (Å²) < 4.78 is 0. The number of halogens is 1. The molecule has 3 rings (SSSR count). The number of hydrogen-bond acceptors (Lipinski definition) is 3. The molecule has 1 saturated carbocycles. The number of likely N-dealkylation sites (tertiary alicyclic amines) is 1. The first-order valence-corrected chi connectivity index (χ1v) is 7.32. The standard InChI is InChI=1S/C15H18ClNO3/c16-11-4-1-3-10(7-11)15(5-2-6-15)14(20)17-8-12(18)13(19)9-17/h1,3-4,7,12-13,18-19H,2,5-6,8-9H2/t12-,13+. The highest BCUT2D eigenvalue weighted by atomic mass is 35.5. The van der Waals surface area contributed by atoms with Crippen LogP contribution in [0.1, 0.15) is 24.8 Å². The van der Waals surface area contributed by atoms with Crippen molar-refractivity contribution in [2.75, 3.05) is 13.1 Å². The van der Waals surface area contributed by atoms with Gasteiger partial charge in [-0.3, -0.25) is 4.79 Å². The van der Waals surface area contributed by atoms with Crippen molar-refractivity contribution in [1.82, 2.24) is 4.90 Å². The highest BCUT2D eigenvalue weighted by Gasteiger charge is 2.49. The van der Waals surface area contributed by atoms with E-state index in [9.17, 15) is 15.0 Å². The molecule has 1 amide bonds. The Morgan fingerprint density at radius 3 is 2.40 bits per heavy atom. The molecule has 20 heavy (non-hydrogen) atoms. The third-order valence-electron chi connectivity index (χ3n) is 4.54. The third kappa shape index (κ3) is 2.12. The first-order valence-electron chi connectivity index (χ1n) is 6.94. The van der Waals surface area contributed by atoms with Gasteiger partial charge in [-0.2, -0.15) is 0 Å². The first kappa shape index (κ1) is 13.9. The molecule has 2 fully saturated rings. The lowest BCUT2D eigenvalue weighted by Crippen LogP contribution is -2.50. The molecule has 0 spiro atoms. The molecule has 5 heteroatoms. The minimum atomic E-state index is -0.838. The zero-order valence-electron chi connectivity index (χ0n) is 11.1. The first-order chi connectivity index (χ1) is 9.53. The highest BCUT2D eigenvalue weighted by Crippen LogP contribution is 2.46. The Morgan fingerprint density at radius 1 is 1.25 bits per heavy atom. The van der Waals surface area contributed by atoms with E-state index in [0.717, 1.165) is 24.8 Å². The molecular weight excluding hydrogens is 278 g/mol. The van der Waals surface area contributed by atoms with Gasteiger partial charge >= 0.3 is 0 Å². The summed E-state index contributed by atoms with van der Waals surface area (Å²) in [6.45, 7) is 0.421. The molecule has 1 saturated heterocycles. The fraction of sp³-hybridized carbons (Fsp3) is 0.533. The largest absolute Gasteiger partial charge is 0.388 e. The van der Waals surface area contributed by atoms with E-state index in [-0.39, 0.29) is 19.0 Å². The second-order valence-corrected chi connectivity index (χ2v) is 6.23. The van der Waals surface area contributed by atoms with Crippen LogP contribution in [0.2, 0.25) is 5.02 Å². The maximum absolute atomic E-state index is 12.8. The molecule has 1 aromatic carbocycles. The molecule has 108 valence electrons. The van der Waals surface area contributed by atoms with E-state index in [1.165, 1.54) is 0 Å². The number of carbonyl (C=O) groups is 1. The van der Waals surface area contributed by atoms with Crippen LogP contribution in [-0.2, 0) is 10.2 Å². The molecule has 0 unspecified atom stereocenters. The molecule has 0 radical (unpaired) electrons. The average molecular weight is 296 g/mol. The van der Waals surface area contributed by atoms with Gasteiger partial charge in [-0.15, -0.1) is 0 Å².